The molecule has 32 heavy (non-hydrogen) atoms. The number of hydrogen-bond donors (Lipinski definition) is 1. The number of benzene rings is 2. The van der Waals surface area contributed by atoms with Gasteiger partial charge in [-0.2, -0.15) is 0 Å². The van der Waals surface area contributed by atoms with Crippen LogP contribution in [0.15, 0.2) is 59.4 Å². The molecule has 0 spiro atoms. The maximum atomic E-state index is 13.4. The molecule has 1 aromatic heterocycles. The summed E-state index contributed by atoms with van der Waals surface area (Å²) >= 11 is 6.12. The van der Waals surface area contributed by atoms with E-state index in [1.54, 1.807) is 22.8 Å². The minimum absolute atomic E-state index is 0.0121. The average molecular weight is 456 g/mol. The standard InChI is InChI=1S/C25H27ClFN3O2/c1-3-30-17(2)16-22(31)23(25(30)32)24(18-4-6-19(26)7-5-18)29-14-12-28(13-15-29)21-10-8-20(27)9-11-21/h4-11,16,24,31H,3,12-15H2,1-2H3. The average Bonchev–Trinajstić information content (AvgIpc) is 2.78. The molecule has 1 N–H and O–H groups in total. The zero-order valence-corrected chi connectivity index (χ0v) is 19.0. The molecular weight excluding hydrogens is 429 g/mol. The van der Waals surface area contributed by atoms with Gasteiger partial charge in [-0.15, -0.1) is 0 Å². The van der Waals surface area contributed by atoms with Crippen LogP contribution in [0.1, 0.15) is 29.8 Å². The highest BCUT2D eigenvalue weighted by molar-refractivity contribution is 6.30. The smallest absolute Gasteiger partial charge is 0.259 e. The fourth-order valence-corrected chi connectivity index (χ4v) is 4.64. The number of piperazine rings is 1. The molecule has 4 rings (SSSR count). The van der Waals surface area contributed by atoms with Gasteiger partial charge in [-0.1, -0.05) is 23.7 Å². The van der Waals surface area contributed by atoms with E-state index in [2.05, 4.69) is 9.80 Å². The SMILES string of the molecule is CCn1c(C)cc(O)c(C(c2ccc(Cl)cc2)N2CCN(c3ccc(F)cc3)CC2)c1=O. The van der Waals surface area contributed by atoms with Crippen LogP contribution in [0.3, 0.4) is 0 Å². The lowest BCUT2D eigenvalue weighted by Crippen LogP contribution is -2.49. The fraction of sp³-hybridized carbons (Fsp3) is 0.320. The van der Waals surface area contributed by atoms with E-state index in [1.807, 2.05) is 38.1 Å². The summed E-state index contributed by atoms with van der Waals surface area (Å²) in [4.78, 5) is 17.8. The number of rotatable bonds is 5. The van der Waals surface area contributed by atoms with Crippen molar-refractivity contribution in [2.45, 2.75) is 26.4 Å². The minimum Gasteiger partial charge on any atom is -0.507 e. The van der Waals surface area contributed by atoms with Gasteiger partial charge in [0.1, 0.15) is 11.6 Å². The predicted molar refractivity (Wildman–Crippen MR) is 126 cm³/mol. The van der Waals surface area contributed by atoms with Gasteiger partial charge in [0.15, 0.2) is 0 Å². The summed E-state index contributed by atoms with van der Waals surface area (Å²) in [5, 5.41) is 11.5. The summed E-state index contributed by atoms with van der Waals surface area (Å²) in [6.45, 7) is 7.10. The highest BCUT2D eigenvalue weighted by Gasteiger charge is 2.31. The molecule has 0 saturated carbocycles. The Morgan fingerprint density at radius 3 is 2.25 bits per heavy atom. The lowest BCUT2D eigenvalue weighted by molar-refractivity contribution is 0.207. The third-order valence-corrected chi connectivity index (χ3v) is 6.42. The Morgan fingerprint density at radius 2 is 1.66 bits per heavy atom. The first-order chi connectivity index (χ1) is 15.4. The largest absolute Gasteiger partial charge is 0.507 e. The van der Waals surface area contributed by atoms with Gasteiger partial charge in [-0.05, 0) is 61.9 Å². The summed E-state index contributed by atoms with van der Waals surface area (Å²) in [5.41, 5.74) is 2.82. The Labute approximate surface area is 192 Å². The number of aromatic hydroxyl groups is 1. The molecule has 1 fully saturated rings. The number of pyridine rings is 1. The van der Waals surface area contributed by atoms with E-state index in [0.29, 0.717) is 30.2 Å². The second-order valence-electron chi connectivity index (χ2n) is 8.09. The van der Waals surface area contributed by atoms with Crippen molar-refractivity contribution in [1.82, 2.24) is 9.47 Å². The number of nitrogens with zero attached hydrogens (tertiary/aromatic N) is 3. The molecule has 1 atom stereocenters. The molecule has 5 nitrogen and oxygen atoms in total. The Balaban J connectivity index is 1.70. The topological polar surface area (TPSA) is 48.7 Å². The first kappa shape index (κ1) is 22.4. The van der Waals surface area contributed by atoms with Crippen molar-refractivity contribution in [3.63, 3.8) is 0 Å². The molecule has 0 aliphatic carbocycles. The Kier molecular flexibility index (Phi) is 6.53. The van der Waals surface area contributed by atoms with Crippen molar-refractivity contribution in [3.05, 3.63) is 92.6 Å². The van der Waals surface area contributed by atoms with Gasteiger partial charge in [0.25, 0.3) is 5.56 Å². The summed E-state index contributed by atoms with van der Waals surface area (Å²) in [7, 11) is 0. The van der Waals surface area contributed by atoms with E-state index in [0.717, 1.165) is 30.0 Å². The molecule has 1 aliphatic rings. The van der Waals surface area contributed by atoms with E-state index in [-0.39, 0.29) is 17.1 Å². The van der Waals surface area contributed by atoms with Gasteiger partial charge in [-0.25, -0.2) is 4.39 Å². The lowest BCUT2D eigenvalue weighted by atomic mass is 9.96. The second-order valence-corrected chi connectivity index (χ2v) is 8.52. The van der Waals surface area contributed by atoms with Crippen LogP contribution in [-0.2, 0) is 6.54 Å². The molecule has 1 aliphatic heterocycles. The fourth-order valence-electron chi connectivity index (χ4n) is 4.51. The van der Waals surface area contributed by atoms with Gasteiger partial charge in [0.05, 0.1) is 11.6 Å². The summed E-state index contributed by atoms with van der Waals surface area (Å²) in [5.74, 6) is -0.240. The first-order valence-corrected chi connectivity index (χ1v) is 11.2. The predicted octanol–water partition coefficient (Wildman–Crippen LogP) is 4.59. The van der Waals surface area contributed by atoms with Crippen LogP contribution in [0.2, 0.25) is 5.02 Å². The normalized spacial score (nSPS) is 15.7. The monoisotopic (exact) mass is 455 g/mol. The van der Waals surface area contributed by atoms with Gasteiger partial charge in [0.2, 0.25) is 0 Å². The van der Waals surface area contributed by atoms with Crippen LogP contribution in [0.25, 0.3) is 0 Å². The zero-order chi connectivity index (χ0) is 22.8. The summed E-state index contributed by atoms with van der Waals surface area (Å²) < 4.78 is 15.0. The summed E-state index contributed by atoms with van der Waals surface area (Å²) in [6, 6.07) is 15.2. The molecule has 7 heteroatoms. The van der Waals surface area contributed by atoms with Crippen molar-refractivity contribution in [2.75, 3.05) is 31.1 Å². The zero-order valence-electron chi connectivity index (χ0n) is 18.3. The Morgan fingerprint density at radius 1 is 1.03 bits per heavy atom. The third-order valence-electron chi connectivity index (χ3n) is 6.17. The van der Waals surface area contributed by atoms with Crippen molar-refractivity contribution >= 4 is 17.3 Å². The van der Waals surface area contributed by atoms with Crippen LogP contribution < -0.4 is 10.5 Å². The van der Waals surface area contributed by atoms with Crippen LogP contribution in [0, 0.1) is 12.7 Å². The number of aromatic nitrogens is 1. The molecule has 1 unspecified atom stereocenters. The van der Waals surface area contributed by atoms with Crippen molar-refractivity contribution in [3.8, 4) is 5.75 Å². The van der Waals surface area contributed by atoms with Crippen molar-refractivity contribution in [1.29, 1.82) is 0 Å². The number of anilines is 1. The number of halogens is 2. The maximum absolute atomic E-state index is 13.4. The highest BCUT2D eigenvalue weighted by Crippen LogP contribution is 2.34. The molecule has 168 valence electrons. The molecular formula is C25H27ClFN3O2. The van der Waals surface area contributed by atoms with Crippen molar-refractivity contribution in [2.24, 2.45) is 0 Å². The number of hydrogen-bond acceptors (Lipinski definition) is 4. The van der Waals surface area contributed by atoms with Crippen molar-refractivity contribution < 1.29 is 9.50 Å². The molecule has 0 bridgehead atoms. The van der Waals surface area contributed by atoms with E-state index in [9.17, 15) is 14.3 Å². The third kappa shape index (κ3) is 4.38. The minimum atomic E-state index is -0.395. The van der Waals surface area contributed by atoms with E-state index < -0.39 is 6.04 Å². The maximum Gasteiger partial charge on any atom is 0.259 e. The van der Waals surface area contributed by atoms with E-state index in [4.69, 9.17) is 11.6 Å². The molecule has 2 heterocycles. The highest BCUT2D eigenvalue weighted by atomic mass is 35.5. The van der Waals surface area contributed by atoms with Gasteiger partial charge < -0.3 is 14.6 Å². The first-order valence-electron chi connectivity index (χ1n) is 10.8. The van der Waals surface area contributed by atoms with Crippen LogP contribution >= 0.6 is 11.6 Å². The Bertz CT molecular complexity index is 1140. The van der Waals surface area contributed by atoms with Crippen LogP contribution in [-0.4, -0.2) is 40.8 Å². The van der Waals surface area contributed by atoms with Gasteiger partial charge in [-0.3, -0.25) is 9.69 Å². The van der Waals surface area contributed by atoms with Gasteiger partial charge >= 0.3 is 0 Å². The summed E-state index contributed by atoms with van der Waals surface area (Å²) in [6.07, 6.45) is 0. The Hall–Kier alpha value is -2.83. The quantitative estimate of drug-likeness (QED) is 0.611. The molecule has 1 saturated heterocycles. The molecule has 0 amide bonds. The van der Waals surface area contributed by atoms with E-state index in [1.165, 1.54) is 12.1 Å². The second kappa shape index (κ2) is 9.35. The van der Waals surface area contributed by atoms with Crippen LogP contribution in [0.5, 0.6) is 5.75 Å². The van der Waals surface area contributed by atoms with Crippen LogP contribution in [0.4, 0.5) is 10.1 Å². The van der Waals surface area contributed by atoms with Gasteiger partial charge in [0, 0.05) is 49.1 Å². The number of aryl methyl sites for hydroxylation is 1. The molecule has 0 radical (unpaired) electrons. The van der Waals surface area contributed by atoms with E-state index >= 15 is 0 Å². The lowest BCUT2D eigenvalue weighted by Gasteiger charge is -2.40. The molecule has 3 aromatic rings. The molecule has 2 aromatic carbocycles.